The van der Waals surface area contributed by atoms with Gasteiger partial charge in [-0.2, -0.15) is 0 Å². The highest BCUT2D eigenvalue weighted by Gasteiger charge is 2.23. The Kier molecular flexibility index (Phi) is 2.15. The highest BCUT2D eigenvalue weighted by atomic mass is 16.5. The molecule has 2 nitrogen and oxygen atoms in total. The average molecular weight is 176 g/mol. The van der Waals surface area contributed by atoms with E-state index in [-0.39, 0.29) is 11.7 Å². The van der Waals surface area contributed by atoms with Gasteiger partial charge in [-0.1, -0.05) is 24.3 Å². The molecule has 0 N–H and O–H groups in total. The van der Waals surface area contributed by atoms with Crippen molar-refractivity contribution in [1.82, 2.24) is 0 Å². The predicted molar refractivity (Wildman–Crippen MR) is 49.5 cm³/mol. The molecule has 0 aromatic heterocycles. The van der Waals surface area contributed by atoms with Gasteiger partial charge >= 0.3 is 0 Å². The minimum absolute atomic E-state index is 0.0510. The maximum atomic E-state index is 11.3. The lowest BCUT2D eigenvalue weighted by atomic mass is 9.90. The molecule has 0 spiro atoms. The second-order valence-corrected chi connectivity index (χ2v) is 3.38. The standard InChI is InChI=1S/C11H12O2/c1-8(12)11-7-13-6-9-4-2-3-5-10(9)11/h2-5,11H,6-7H2,1H3. The Morgan fingerprint density at radius 1 is 1.46 bits per heavy atom. The minimum atomic E-state index is -0.0510. The van der Waals surface area contributed by atoms with Crippen molar-refractivity contribution in [1.29, 1.82) is 0 Å². The predicted octanol–water partition coefficient (Wildman–Crippen LogP) is 1.89. The van der Waals surface area contributed by atoms with E-state index in [0.717, 1.165) is 11.1 Å². The number of rotatable bonds is 1. The largest absolute Gasteiger partial charge is 0.376 e. The average Bonchev–Trinajstić information content (AvgIpc) is 2.17. The van der Waals surface area contributed by atoms with E-state index in [4.69, 9.17) is 4.74 Å². The molecular weight excluding hydrogens is 164 g/mol. The van der Waals surface area contributed by atoms with Gasteiger partial charge in [0.1, 0.15) is 5.78 Å². The maximum absolute atomic E-state index is 11.3. The van der Waals surface area contributed by atoms with Gasteiger partial charge < -0.3 is 4.74 Å². The summed E-state index contributed by atoms with van der Waals surface area (Å²) in [5, 5.41) is 0. The zero-order valence-corrected chi connectivity index (χ0v) is 7.62. The Labute approximate surface area is 77.5 Å². The van der Waals surface area contributed by atoms with E-state index in [2.05, 4.69) is 0 Å². The summed E-state index contributed by atoms with van der Waals surface area (Å²) in [6.07, 6.45) is 0. The fraction of sp³-hybridized carbons (Fsp3) is 0.364. The molecular formula is C11H12O2. The third-order valence-corrected chi connectivity index (χ3v) is 2.46. The summed E-state index contributed by atoms with van der Waals surface area (Å²) in [6.45, 7) is 2.79. The molecule has 1 aliphatic rings. The van der Waals surface area contributed by atoms with Crippen molar-refractivity contribution in [2.24, 2.45) is 0 Å². The molecule has 0 bridgehead atoms. The van der Waals surface area contributed by atoms with Crippen LogP contribution in [0.4, 0.5) is 0 Å². The summed E-state index contributed by atoms with van der Waals surface area (Å²) in [4.78, 5) is 11.3. The molecule has 2 heteroatoms. The van der Waals surface area contributed by atoms with Crippen LogP contribution in [0, 0.1) is 0 Å². The molecule has 1 aromatic carbocycles. The summed E-state index contributed by atoms with van der Waals surface area (Å²) in [5.74, 6) is 0.136. The molecule has 0 saturated heterocycles. The SMILES string of the molecule is CC(=O)C1COCc2ccccc21. The first-order valence-electron chi connectivity index (χ1n) is 4.45. The molecule has 1 unspecified atom stereocenters. The van der Waals surface area contributed by atoms with Crippen molar-refractivity contribution in [2.75, 3.05) is 6.61 Å². The molecule has 0 saturated carbocycles. The second kappa shape index (κ2) is 3.30. The number of ether oxygens (including phenoxy) is 1. The summed E-state index contributed by atoms with van der Waals surface area (Å²) in [7, 11) is 0. The van der Waals surface area contributed by atoms with Gasteiger partial charge in [-0.25, -0.2) is 0 Å². The molecule has 1 heterocycles. The summed E-state index contributed by atoms with van der Waals surface area (Å²) in [5.41, 5.74) is 2.29. The van der Waals surface area contributed by atoms with Crippen LogP contribution in [0.2, 0.25) is 0 Å². The Bertz CT molecular complexity index is 331. The monoisotopic (exact) mass is 176 g/mol. The quantitative estimate of drug-likeness (QED) is 0.653. The number of benzene rings is 1. The Morgan fingerprint density at radius 2 is 2.23 bits per heavy atom. The zero-order chi connectivity index (χ0) is 9.26. The van der Waals surface area contributed by atoms with Crippen LogP contribution < -0.4 is 0 Å². The molecule has 13 heavy (non-hydrogen) atoms. The highest BCUT2D eigenvalue weighted by molar-refractivity contribution is 5.84. The number of hydrogen-bond donors (Lipinski definition) is 0. The van der Waals surface area contributed by atoms with Gasteiger partial charge in [0, 0.05) is 0 Å². The third-order valence-electron chi connectivity index (χ3n) is 2.46. The molecule has 1 atom stereocenters. The second-order valence-electron chi connectivity index (χ2n) is 3.38. The smallest absolute Gasteiger partial charge is 0.139 e. The number of carbonyl (C=O) groups is 1. The van der Waals surface area contributed by atoms with Gasteiger partial charge in [-0.3, -0.25) is 4.79 Å². The van der Waals surface area contributed by atoms with Crippen molar-refractivity contribution in [3.63, 3.8) is 0 Å². The number of carbonyl (C=O) groups excluding carboxylic acids is 1. The van der Waals surface area contributed by atoms with Gasteiger partial charge in [0.05, 0.1) is 19.1 Å². The minimum Gasteiger partial charge on any atom is -0.376 e. The van der Waals surface area contributed by atoms with E-state index < -0.39 is 0 Å². The van der Waals surface area contributed by atoms with Crippen molar-refractivity contribution < 1.29 is 9.53 Å². The van der Waals surface area contributed by atoms with Gasteiger partial charge in [-0.05, 0) is 18.1 Å². The lowest BCUT2D eigenvalue weighted by Gasteiger charge is -2.23. The fourth-order valence-corrected chi connectivity index (χ4v) is 1.72. The summed E-state index contributed by atoms with van der Waals surface area (Å²) < 4.78 is 5.35. The summed E-state index contributed by atoms with van der Waals surface area (Å²) >= 11 is 0. The van der Waals surface area contributed by atoms with Crippen LogP contribution in [-0.4, -0.2) is 12.4 Å². The van der Waals surface area contributed by atoms with Gasteiger partial charge in [-0.15, -0.1) is 0 Å². The van der Waals surface area contributed by atoms with E-state index in [0.29, 0.717) is 13.2 Å². The number of Topliss-reactive ketones (excluding diaryl/α,β-unsaturated/α-hetero) is 1. The van der Waals surface area contributed by atoms with Crippen LogP contribution in [-0.2, 0) is 16.1 Å². The lowest BCUT2D eigenvalue weighted by Crippen LogP contribution is -2.21. The fourth-order valence-electron chi connectivity index (χ4n) is 1.72. The van der Waals surface area contributed by atoms with Crippen molar-refractivity contribution >= 4 is 5.78 Å². The Balaban J connectivity index is 2.42. The first-order chi connectivity index (χ1) is 6.29. The normalized spacial score (nSPS) is 20.8. The topological polar surface area (TPSA) is 26.3 Å². The van der Waals surface area contributed by atoms with Crippen LogP contribution in [0.1, 0.15) is 24.0 Å². The van der Waals surface area contributed by atoms with E-state index in [9.17, 15) is 4.79 Å². The van der Waals surface area contributed by atoms with E-state index in [1.165, 1.54) is 0 Å². The Hall–Kier alpha value is -1.15. The molecule has 0 amide bonds. The van der Waals surface area contributed by atoms with Gasteiger partial charge in [0.25, 0.3) is 0 Å². The van der Waals surface area contributed by atoms with Crippen LogP contribution in [0.5, 0.6) is 0 Å². The molecule has 1 aliphatic heterocycles. The van der Waals surface area contributed by atoms with Gasteiger partial charge in [0.2, 0.25) is 0 Å². The molecule has 2 rings (SSSR count). The van der Waals surface area contributed by atoms with E-state index in [1.54, 1.807) is 6.92 Å². The molecule has 0 aliphatic carbocycles. The van der Waals surface area contributed by atoms with Crippen LogP contribution in [0.3, 0.4) is 0 Å². The maximum Gasteiger partial charge on any atom is 0.139 e. The number of ketones is 1. The molecule has 1 aromatic rings. The van der Waals surface area contributed by atoms with Crippen LogP contribution in [0.25, 0.3) is 0 Å². The van der Waals surface area contributed by atoms with E-state index >= 15 is 0 Å². The molecule has 0 fully saturated rings. The van der Waals surface area contributed by atoms with Gasteiger partial charge in [0.15, 0.2) is 0 Å². The van der Waals surface area contributed by atoms with Crippen LogP contribution >= 0.6 is 0 Å². The van der Waals surface area contributed by atoms with E-state index in [1.807, 2.05) is 24.3 Å². The van der Waals surface area contributed by atoms with Crippen LogP contribution in [0.15, 0.2) is 24.3 Å². The number of hydrogen-bond acceptors (Lipinski definition) is 2. The van der Waals surface area contributed by atoms with Crippen molar-refractivity contribution in [3.8, 4) is 0 Å². The molecule has 0 radical (unpaired) electrons. The van der Waals surface area contributed by atoms with Crippen molar-refractivity contribution in [3.05, 3.63) is 35.4 Å². The first-order valence-corrected chi connectivity index (χ1v) is 4.45. The third kappa shape index (κ3) is 1.49. The summed E-state index contributed by atoms with van der Waals surface area (Å²) in [6, 6.07) is 7.99. The van der Waals surface area contributed by atoms with Crippen molar-refractivity contribution in [2.45, 2.75) is 19.4 Å². The Morgan fingerprint density at radius 3 is 3.00 bits per heavy atom. The number of fused-ring (bicyclic) bond motifs is 1. The first kappa shape index (κ1) is 8.45. The highest BCUT2D eigenvalue weighted by Crippen LogP contribution is 2.26. The zero-order valence-electron chi connectivity index (χ0n) is 7.62. The molecule has 68 valence electrons. The lowest BCUT2D eigenvalue weighted by molar-refractivity contribution is -0.120.